The molecule has 1 aliphatic heterocycles. The van der Waals surface area contributed by atoms with Gasteiger partial charge in [-0.05, 0) is 44.2 Å². The molecule has 1 fully saturated rings. The van der Waals surface area contributed by atoms with Gasteiger partial charge in [-0.15, -0.1) is 0 Å². The summed E-state index contributed by atoms with van der Waals surface area (Å²) in [7, 11) is 0. The Morgan fingerprint density at radius 1 is 1.33 bits per heavy atom. The molecular formula is C18H24N4O2. The van der Waals surface area contributed by atoms with Crippen LogP contribution in [0.1, 0.15) is 25.3 Å². The number of hydrogen-bond donors (Lipinski definition) is 2. The number of urea groups is 1. The normalized spacial score (nSPS) is 20.9. The molecule has 1 saturated heterocycles. The highest BCUT2D eigenvalue weighted by atomic mass is 16.3. The van der Waals surface area contributed by atoms with Gasteiger partial charge in [-0.1, -0.05) is 18.2 Å². The largest absolute Gasteiger partial charge is 0.396 e. The number of likely N-dealkylation sites (tertiary alicyclic amines) is 1. The van der Waals surface area contributed by atoms with Crippen LogP contribution in [0, 0.1) is 12.8 Å². The molecule has 0 spiro atoms. The number of para-hydroxylation sites is 1. The maximum atomic E-state index is 12.7. The van der Waals surface area contributed by atoms with Crippen LogP contribution >= 0.6 is 0 Å². The van der Waals surface area contributed by atoms with Crippen LogP contribution in [-0.2, 0) is 0 Å². The lowest BCUT2D eigenvalue weighted by atomic mass is 9.94. The molecular weight excluding hydrogens is 304 g/mol. The number of aliphatic hydroxyl groups excluding tert-OH is 1. The quantitative estimate of drug-likeness (QED) is 0.910. The average Bonchev–Trinajstić information content (AvgIpc) is 3.03. The molecule has 2 unspecified atom stereocenters. The van der Waals surface area contributed by atoms with Crippen LogP contribution in [-0.4, -0.2) is 45.0 Å². The summed E-state index contributed by atoms with van der Waals surface area (Å²) in [6, 6.07) is 9.74. The van der Waals surface area contributed by atoms with Crippen LogP contribution in [0.4, 0.5) is 10.6 Å². The number of aromatic nitrogens is 2. The SMILES string of the molecule is Cc1ccccc1-n1nccc1NC(=O)N1CC(CO)CCC1C. The Morgan fingerprint density at radius 2 is 2.12 bits per heavy atom. The summed E-state index contributed by atoms with van der Waals surface area (Å²) in [5, 5.41) is 16.7. The maximum absolute atomic E-state index is 12.7. The number of aliphatic hydroxyl groups is 1. The molecule has 2 heterocycles. The predicted octanol–water partition coefficient (Wildman–Crippen LogP) is 2.81. The molecule has 1 aliphatic rings. The maximum Gasteiger partial charge on any atom is 0.323 e. The van der Waals surface area contributed by atoms with Crippen LogP contribution < -0.4 is 5.32 Å². The summed E-state index contributed by atoms with van der Waals surface area (Å²) in [4.78, 5) is 14.5. The predicted molar refractivity (Wildman–Crippen MR) is 93.3 cm³/mol. The second kappa shape index (κ2) is 7.05. The van der Waals surface area contributed by atoms with Gasteiger partial charge in [0.2, 0.25) is 0 Å². The van der Waals surface area contributed by atoms with Crippen molar-refractivity contribution in [3.05, 3.63) is 42.1 Å². The summed E-state index contributed by atoms with van der Waals surface area (Å²) >= 11 is 0. The first-order chi connectivity index (χ1) is 11.6. The van der Waals surface area contributed by atoms with Gasteiger partial charge in [-0.2, -0.15) is 5.10 Å². The summed E-state index contributed by atoms with van der Waals surface area (Å²) in [5.74, 6) is 0.806. The first-order valence-corrected chi connectivity index (χ1v) is 8.38. The van der Waals surface area contributed by atoms with Gasteiger partial charge in [-0.3, -0.25) is 5.32 Å². The number of rotatable bonds is 3. The van der Waals surface area contributed by atoms with Gasteiger partial charge >= 0.3 is 6.03 Å². The van der Waals surface area contributed by atoms with E-state index in [2.05, 4.69) is 10.4 Å². The number of amides is 2. The number of carbonyl (C=O) groups excluding carboxylic acids is 1. The van der Waals surface area contributed by atoms with E-state index in [0.29, 0.717) is 12.4 Å². The molecule has 1 aromatic heterocycles. The molecule has 2 atom stereocenters. The van der Waals surface area contributed by atoms with Crippen LogP contribution in [0.5, 0.6) is 0 Å². The highest BCUT2D eigenvalue weighted by Crippen LogP contribution is 2.23. The second-order valence-electron chi connectivity index (χ2n) is 6.47. The van der Waals surface area contributed by atoms with E-state index >= 15 is 0 Å². The third-order valence-corrected chi connectivity index (χ3v) is 4.72. The molecule has 2 N–H and O–H groups in total. The van der Waals surface area contributed by atoms with Crippen molar-refractivity contribution in [2.45, 2.75) is 32.7 Å². The van der Waals surface area contributed by atoms with Crippen LogP contribution in [0.25, 0.3) is 5.69 Å². The van der Waals surface area contributed by atoms with E-state index in [1.165, 1.54) is 0 Å². The minimum atomic E-state index is -0.143. The number of hydrogen-bond acceptors (Lipinski definition) is 3. The lowest BCUT2D eigenvalue weighted by Crippen LogP contribution is -2.48. The summed E-state index contributed by atoms with van der Waals surface area (Å²) in [5.41, 5.74) is 2.03. The van der Waals surface area contributed by atoms with E-state index in [0.717, 1.165) is 24.1 Å². The number of nitrogens with one attached hydrogen (secondary N) is 1. The van der Waals surface area contributed by atoms with Crippen molar-refractivity contribution in [1.29, 1.82) is 0 Å². The fraction of sp³-hybridized carbons (Fsp3) is 0.444. The highest BCUT2D eigenvalue weighted by Gasteiger charge is 2.29. The van der Waals surface area contributed by atoms with Gasteiger partial charge in [0, 0.05) is 25.3 Å². The van der Waals surface area contributed by atoms with Crippen LogP contribution in [0.3, 0.4) is 0 Å². The average molecular weight is 328 g/mol. The van der Waals surface area contributed by atoms with Crippen molar-refractivity contribution < 1.29 is 9.90 Å². The van der Waals surface area contributed by atoms with E-state index in [1.54, 1.807) is 21.8 Å². The fourth-order valence-corrected chi connectivity index (χ4v) is 3.19. The minimum Gasteiger partial charge on any atom is -0.396 e. The number of carbonyl (C=O) groups is 1. The smallest absolute Gasteiger partial charge is 0.323 e. The van der Waals surface area contributed by atoms with Gasteiger partial charge in [-0.25, -0.2) is 9.48 Å². The molecule has 0 bridgehead atoms. The Bertz CT molecular complexity index is 713. The molecule has 2 aromatic rings. The monoisotopic (exact) mass is 328 g/mol. The molecule has 0 saturated carbocycles. The summed E-state index contributed by atoms with van der Waals surface area (Å²) in [6.45, 7) is 4.77. The molecule has 128 valence electrons. The summed E-state index contributed by atoms with van der Waals surface area (Å²) < 4.78 is 1.74. The topological polar surface area (TPSA) is 70.4 Å². The molecule has 2 amide bonds. The molecule has 1 aromatic carbocycles. The Kier molecular flexibility index (Phi) is 4.85. The zero-order valence-electron chi connectivity index (χ0n) is 14.1. The van der Waals surface area contributed by atoms with E-state index in [4.69, 9.17) is 0 Å². The highest BCUT2D eigenvalue weighted by molar-refractivity contribution is 5.89. The Labute approximate surface area is 142 Å². The molecule has 3 rings (SSSR count). The zero-order chi connectivity index (χ0) is 17.1. The van der Waals surface area contributed by atoms with Crippen molar-refractivity contribution in [2.75, 3.05) is 18.5 Å². The Hall–Kier alpha value is -2.34. The zero-order valence-corrected chi connectivity index (χ0v) is 14.1. The Morgan fingerprint density at radius 3 is 2.88 bits per heavy atom. The molecule has 6 heteroatoms. The molecule has 24 heavy (non-hydrogen) atoms. The van der Waals surface area contributed by atoms with Gasteiger partial charge < -0.3 is 10.0 Å². The number of benzene rings is 1. The van der Waals surface area contributed by atoms with Crippen molar-refractivity contribution in [2.24, 2.45) is 5.92 Å². The molecule has 0 radical (unpaired) electrons. The second-order valence-corrected chi connectivity index (χ2v) is 6.47. The fourth-order valence-electron chi connectivity index (χ4n) is 3.19. The lowest BCUT2D eigenvalue weighted by molar-refractivity contribution is 0.107. The number of aryl methyl sites for hydroxylation is 1. The van der Waals surface area contributed by atoms with E-state index < -0.39 is 0 Å². The van der Waals surface area contributed by atoms with E-state index in [-0.39, 0.29) is 24.6 Å². The molecule has 0 aliphatic carbocycles. The third-order valence-electron chi connectivity index (χ3n) is 4.72. The van der Waals surface area contributed by atoms with Gasteiger partial charge in [0.05, 0.1) is 11.9 Å². The van der Waals surface area contributed by atoms with E-state index in [9.17, 15) is 9.90 Å². The van der Waals surface area contributed by atoms with Gasteiger partial charge in [0.25, 0.3) is 0 Å². The third kappa shape index (κ3) is 3.28. The lowest BCUT2D eigenvalue weighted by Gasteiger charge is -2.37. The van der Waals surface area contributed by atoms with Crippen LogP contribution in [0.15, 0.2) is 36.5 Å². The number of piperidine rings is 1. The van der Waals surface area contributed by atoms with Gasteiger partial charge in [0.1, 0.15) is 5.82 Å². The first kappa shape index (κ1) is 16.5. The minimum absolute atomic E-state index is 0.123. The standard InChI is InChI=1S/C18H24N4O2/c1-13-5-3-4-6-16(13)22-17(9-10-19-22)20-18(24)21-11-15(12-23)8-7-14(21)2/h3-6,9-10,14-15,23H,7-8,11-12H2,1-2H3,(H,20,24). The van der Waals surface area contributed by atoms with Crippen molar-refractivity contribution >= 4 is 11.8 Å². The summed E-state index contributed by atoms with van der Waals surface area (Å²) in [6.07, 6.45) is 3.55. The Balaban J connectivity index is 1.78. The van der Waals surface area contributed by atoms with Gasteiger partial charge in [0.15, 0.2) is 0 Å². The molecule has 6 nitrogen and oxygen atoms in total. The number of nitrogens with zero attached hydrogens (tertiary/aromatic N) is 3. The number of anilines is 1. The van der Waals surface area contributed by atoms with E-state index in [1.807, 2.05) is 38.1 Å². The van der Waals surface area contributed by atoms with Crippen molar-refractivity contribution in [1.82, 2.24) is 14.7 Å². The first-order valence-electron chi connectivity index (χ1n) is 8.38. The van der Waals surface area contributed by atoms with Crippen molar-refractivity contribution in [3.63, 3.8) is 0 Å². The van der Waals surface area contributed by atoms with Crippen molar-refractivity contribution in [3.8, 4) is 5.69 Å². The van der Waals surface area contributed by atoms with Crippen LogP contribution in [0.2, 0.25) is 0 Å².